The number of carboxylic acids is 1. The number of carboxylic acid groups (broad SMARTS) is 1. The van der Waals surface area contributed by atoms with Crippen LogP contribution < -0.4 is 0 Å². The van der Waals surface area contributed by atoms with Gasteiger partial charge < -0.3 is 14.4 Å². The number of rotatable bonds is 6. The van der Waals surface area contributed by atoms with Gasteiger partial charge in [0.25, 0.3) is 0 Å². The molecule has 1 heterocycles. The lowest BCUT2D eigenvalue weighted by molar-refractivity contribution is -0.133. The van der Waals surface area contributed by atoms with E-state index in [4.69, 9.17) is 9.84 Å². The molecular formula is C9H15N3O3S. The first-order chi connectivity index (χ1) is 7.50. The molecule has 1 aromatic heterocycles. The van der Waals surface area contributed by atoms with Gasteiger partial charge in [-0.1, -0.05) is 11.8 Å². The quantitative estimate of drug-likeness (QED) is 0.751. The molecule has 0 aliphatic carbocycles. The highest BCUT2D eigenvalue weighted by molar-refractivity contribution is 7.99. The number of thioether (sulfide) groups is 1. The Morgan fingerprint density at radius 3 is 2.81 bits per heavy atom. The van der Waals surface area contributed by atoms with Crippen molar-refractivity contribution in [2.45, 2.75) is 31.7 Å². The van der Waals surface area contributed by atoms with Crippen LogP contribution in [-0.2, 0) is 23.2 Å². The van der Waals surface area contributed by atoms with Crippen molar-refractivity contribution in [2.75, 3.05) is 5.75 Å². The molecule has 1 N–H and O–H groups in total. The molecule has 0 unspecified atom stereocenters. The van der Waals surface area contributed by atoms with E-state index >= 15 is 0 Å². The number of hydrogen-bond acceptors (Lipinski definition) is 5. The Kier molecular flexibility index (Phi) is 4.75. The lowest BCUT2D eigenvalue weighted by atomic mass is 10.5. The Morgan fingerprint density at radius 2 is 2.25 bits per heavy atom. The molecule has 0 atom stereocenters. The van der Waals surface area contributed by atoms with Gasteiger partial charge in [-0.3, -0.25) is 4.79 Å². The monoisotopic (exact) mass is 245 g/mol. The van der Waals surface area contributed by atoms with Gasteiger partial charge in [-0.25, -0.2) is 0 Å². The molecule has 0 radical (unpaired) electrons. The van der Waals surface area contributed by atoms with Crippen LogP contribution in [0.25, 0.3) is 0 Å². The standard InChI is InChI=1S/C9H15N3O3S/c1-6(2)15-4-7-10-11-9(12(7)3)16-5-8(13)14/h6H,4-5H2,1-3H3,(H,13,14). The van der Waals surface area contributed by atoms with Crippen molar-refractivity contribution in [3.05, 3.63) is 5.82 Å². The van der Waals surface area contributed by atoms with Crippen LogP contribution in [0.1, 0.15) is 19.7 Å². The molecule has 0 amide bonds. The number of nitrogens with zero attached hydrogens (tertiary/aromatic N) is 3. The van der Waals surface area contributed by atoms with Crippen molar-refractivity contribution < 1.29 is 14.6 Å². The molecule has 0 saturated carbocycles. The molecular weight excluding hydrogens is 230 g/mol. The van der Waals surface area contributed by atoms with E-state index in [0.717, 1.165) is 11.8 Å². The zero-order valence-corrected chi connectivity index (χ0v) is 10.3. The summed E-state index contributed by atoms with van der Waals surface area (Å²) in [7, 11) is 1.79. The summed E-state index contributed by atoms with van der Waals surface area (Å²) < 4.78 is 7.14. The molecule has 0 aliphatic rings. The van der Waals surface area contributed by atoms with Crippen LogP contribution in [0.3, 0.4) is 0 Å². The number of ether oxygens (including phenoxy) is 1. The first-order valence-electron chi connectivity index (χ1n) is 4.85. The SMILES string of the molecule is CC(C)OCc1nnc(SCC(=O)O)n1C. The average molecular weight is 245 g/mol. The van der Waals surface area contributed by atoms with E-state index in [1.165, 1.54) is 0 Å². The highest BCUT2D eigenvalue weighted by Crippen LogP contribution is 2.15. The third kappa shape index (κ3) is 3.82. The van der Waals surface area contributed by atoms with Gasteiger partial charge in [-0.15, -0.1) is 10.2 Å². The van der Waals surface area contributed by atoms with Crippen molar-refractivity contribution >= 4 is 17.7 Å². The van der Waals surface area contributed by atoms with Crippen molar-refractivity contribution in [1.29, 1.82) is 0 Å². The van der Waals surface area contributed by atoms with E-state index in [9.17, 15) is 4.79 Å². The van der Waals surface area contributed by atoms with Gasteiger partial charge in [-0.05, 0) is 13.8 Å². The second-order valence-electron chi connectivity index (χ2n) is 3.50. The lowest BCUT2D eigenvalue weighted by Crippen LogP contribution is -2.07. The van der Waals surface area contributed by atoms with Crippen molar-refractivity contribution in [2.24, 2.45) is 7.05 Å². The number of aromatic nitrogens is 3. The van der Waals surface area contributed by atoms with Crippen LogP contribution in [0.4, 0.5) is 0 Å². The second kappa shape index (κ2) is 5.86. The Hall–Kier alpha value is -1.08. The molecule has 1 rings (SSSR count). The van der Waals surface area contributed by atoms with Crippen LogP contribution in [0, 0.1) is 0 Å². The molecule has 0 fully saturated rings. The Labute approximate surface area is 98.0 Å². The minimum absolute atomic E-state index is 0.0169. The zero-order chi connectivity index (χ0) is 12.1. The summed E-state index contributed by atoms with van der Waals surface area (Å²) in [6.45, 7) is 4.27. The maximum atomic E-state index is 10.4. The molecule has 6 nitrogen and oxygen atoms in total. The van der Waals surface area contributed by atoms with Crippen LogP contribution in [-0.4, -0.2) is 37.7 Å². The minimum Gasteiger partial charge on any atom is -0.481 e. The fourth-order valence-corrected chi connectivity index (χ4v) is 1.61. The maximum Gasteiger partial charge on any atom is 0.313 e. The number of hydrogen-bond donors (Lipinski definition) is 1. The Morgan fingerprint density at radius 1 is 1.56 bits per heavy atom. The summed E-state index contributed by atoms with van der Waals surface area (Å²) >= 11 is 1.14. The van der Waals surface area contributed by atoms with Gasteiger partial charge in [0.15, 0.2) is 11.0 Å². The van der Waals surface area contributed by atoms with Gasteiger partial charge in [0.05, 0.1) is 11.9 Å². The second-order valence-corrected chi connectivity index (χ2v) is 4.44. The zero-order valence-electron chi connectivity index (χ0n) is 9.51. The van der Waals surface area contributed by atoms with Crippen molar-refractivity contribution in [1.82, 2.24) is 14.8 Å². The van der Waals surface area contributed by atoms with Crippen LogP contribution >= 0.6 is 11.8 Å². The van der Waals surface area contributed by atoms with Gasteiger partial charge >= 0.3 is 5.97 Å². The molecule has 90 valence electrons. The summed E-state index contributed by atoms with van der Waals surface area (Å²) in [5.41, 5.74) is 0. The fourth-order valence-electron chi connectivity index (χ4n) is 0.964. The lowest BCUT2D eigenvalue weighted by Gasteiger charge is -2.06. The van der Waals surface area contributed by atoms with Gasteiger partial charge in [0, 0.05) is 7.05 Å². The van der Waals surface area contributed by atoms with Crippen LogP contribution in [0.2, 0.25) is 0 Å². The molecule has 0 spiro atoms. The van der Waals surface area contributed by atoms with E-state index in [0.29, 0.717) is 17.6 Å². The highest BCUT2D eigenvalue weighted by Gasteiger charge is 2.11. The van der Waals surface area contributed by atoms with Crippen LogP contribution in [0.15, 0.2) is 5.16 Å². The predicted molar refractivity (Wildman–Crippen MR) is 59.3 cm³/mol. The Balaban J connectivity index is 2.57. The average Bonchev–Trinajstić information content (AvgIpc) is 2.53. The maximum absolute atomic E-state index is 10.4. The summed E-state index contributed by atoms with van der Waals surface area (Å²) in [5, 5.41) is 17.0. The van der Waals surface area contributed by atoms with E-state index in [1.807, 2.05) is 13.8 Å². The predicted octanol–water partition coefficient (Wildman–Crippen LogP) is 0.917. The van der Waals surface area contributed by atoms with Crippen molar-refractivity contribution in [3.63, 3.8) is 0 Å². The first-order valence-corrected chi connectivity index (χ1v) is 5.83. The normalized spacial score (nSPS) is 11.0. The molecule has 7 heteroatoms. The largest absolute Gasteiger partial charge is 0.481 e. The smallest absolute Gasteiger partial charge is 0.313 e. The molecule has 0 aromatic carbocycles. The third-order valence-corrected chi connectivity index (χ3v) is 2.80. The van der Waals surface area contributed by atoms with Gasteiger partial charge in [-0.2, -0.15) is 0 Å². The van der Waals surface area contributed by atoms with E-state index in [1.54, 1.807) is 11.6 Å². The Bertz CT molecular complexity index is 365. The molecule has 0 saturated heterocycles. The molecule has 16 heavy (non-hydrogen) atoms. The summed E-state index contributed by atoms with van der Waals surface area (Å²) in [5.74, 6) is -0.189. The summed E-state index contributed by atoms with van der Waals surface area (Å²) in [6.07, 6.45) is 0.131. The third-order valence-electron chi connectivity index (χ3n) is 1.80. The van der Waals surface area contributed by atoms with Gasteiger partial charge in [0.2, 0.25) is 0 Å². The number of aliphatic carboxylic acids is 1. The topological polar surface area (TPSA) is 77.2 Å². The molecule has 0 aliphatic heterocycles. The summed E-state index contributed by atoms with van der Waals surface area (Å²) in [6, 6.07) is 0. The molecule has 1 aromatic rings. The minimum atomic E-state index is -0.868. The van der Waals surface area contributed by atoms with Crippen molar-refractivity contribution in [3.8, 4) is 0 Å². The van der Waals surface area contributed by atoms with Gasteiger partial charge in [0.1, 0.15) is 6.61 Å². The number of carbonyl (C=O) groups is 1. The van der Waals surface area contributed by atoms with E-state index in [2.05, 4.69) is 10.2 Å². The van der Waals surface area contributed by atoms with Crippen LogP contribution in [0.5, 0.6) is 0 Å². The first kappa shape index (κ1) is 13.0. The highest BCUT2D eigenvalue weighted by atomic mass is 32.2. The van der Waals surface area contributed by atoms with E-state index < -0.39 is 5.97 Å². The van der Waals surface area contributed by atoms with E-state index in [-0.39, 0.29) is 11.9 Å². The summed E-state index contributed by atoms with van der Waals surface area (Å²) in [4.78, 5) is 10.4. The molecule has 0 bridgehead atoms. The fraction of sp³-hybridized carbons (Fsp3) is 0.667.